The highest BCUT2D eigenvalue weighted by Crippen LogP contribution is 2.27. The minimum absolute atomic E-state index is 0.0170. The number of rotatable bonds is 8. The van der Waals surface area contributed by atoms with Crippen molar-refractivity contribution in [1.82, 2.24) is 0 Å². The molecule has 0 unspecified atom stereocenters. The van der Waals surface area contributed by atoms with Gasteiger partial charge in [-0.2, -0.15) is 0 Å². The van der Waals surface area contributed by atoms with Crippen LogP contribution in [0.25, 0.3) is 0 Å². The van der Waals surface area contributed by atoms with Gasteiger partial charge in [0.1, 0.15) is 12.4 Å². The van der Waals surface area contributed by atoms with Crippen molar-refractivity contribution < 1.29 is 23.8 Å². The van der Waals surface area contributed by atoms with Crippen molar-refractivity contribution in [2.24, 2.45) is 0 Å². The van der Waals surface area contributed by atoms with E-state index in [1.54, 1.807) is 4.90 Å². The Labute approximate surface area is 154 Å². The van der Waals surface area contributed by atoms with Gasteiger partial charge in [-0.1, -0.05) is 38.3 Å². The van der Waals surface area contributed by atoms with E-state index in [9.17, 15) is 9.59 Å². The largest absolute Gasteiger partial charge is 0.466 e. The van der Waals surface area contributed by atoms with Crippen LogP contribution in [0.1, 0.15) is 38.2 Å². The number of methoxy groups -OCH3 is 2. The van der Waals surface area contributed by atoms with E-state index in [0.29, 0.717) is 0 Å². The van der Waals surface area contributed by atoms with E-state index in [4.69, 9.17) is 14.2 Å². The normalized spacial score (nSPS) is 14.3. The maximum atomic E-state index is 12.3. The second kappa shape index (κ2) is 9.97. The first kappa shape index (κ1) is 20.0. The minimum atomic E-state index is -0.595. The molecule has 1 aromatic rings. The molecule has 0 saturated heterocycles. The second-order valence-corrected chi connectivity index (χ2v) is 6.19. The molecular weight excluding hydrogens is 334 g/mol. The van der Waals surface area contributed by atoms with Crippen molar-refractivity contribution in [1.29, 1.82) is 0 Å². The number of carbonyl (C=O) groups excluding carboxylic acids is 2. The van der Waals surface area contributed by atoms with Crippen molar-refractivity contribution in [3.8, 4) is 0 Å². The average molecular weight is 361 g/mol. The molecule has 2 rings (SSSR count). The van der Waals surface area contributed by atoms with E-state index in [1.807, 2.05) is 24.3 Å². The third kappa shape index (κ3) is 4.85. The summed E-state index contributed by atoms with van der Waals surface area (Å²) in [6.45, 7) is 2.38. The lowest BCUT2D eigenvalue weighted by Gasteiger charge is -2.31. The maximum Gasteiger partial charge on any atom is 0.355 e. The van der Waals surface area contributed by atoms with Crippen LogP contribution in [0.15, 0.2) is 35.5 Å². The van der Waals surface area contributed by atoms with Gasteiger partial charge in [0.25, 0.3) is 0 Å². The molecule has 1 aromatic carbocycles. The van der Waals surface area contributed by atoms with Crippen molar-refractivity contribution in [2.75, 3.05) is 32.5 Å². The summed E-state index contributed by atoms with van der Waals surface area (Å²) in [5.74, 6) is -1.18. The average Bonchev–Trinajstić information content (AvgIpc) is 2.70. The van der Waals surface area contributed by atoms with E-state index in [2.05, 4.69) is 6.92 Å². The van der Waals surface area contributed by atoms with Crippen LogP contribution >= 0.6 is 0 Å². The molecule has 0 amide bonds. The zero-order valence-electron chi connectivity index (χ0n) is 15.7. The third-order valence-corrected chi connectivity index (χ3v) is 4.40. The van der Waals surface area contributed by atoms with Gasteiger partial charge < -0.3 is 19.1 Å². The van der Waals surface area contributed by atoms with Gasteiger partial charge in [-0.25, -0.2) is 9.59 Å². The summed E-state index contributed by atoms with van der Waals surface area (Å²) in [6.07, 6.45) is 5.91. The van der Waals surface area contributed by atoms with Crippen molar-refractivity contribution >= 4 is 17.6 Å². The van der Waals surface area contributed by atoms with Gasteiger partial charge in [0, 0.05) is 5.69 Å². The Morgan fingerprint density at radius 1 is 1.04 bits per heavy atom. The Morgan fingerprint density at radius 2 is 1.73 bits per heavy atom. The van der Waals surface area contributed by atoms with Gasteiger partial charge in [0.15, 0.2) is 0 Å². The SMILES string of the molecule is CCCCCCc1ccc(N2COCC(C(=O)OC)=C2C(=O)OC)cc1. The molecule has 0 saturated carbocycles. The van der Waals surface area contributed by atoms with E-state index in [-0.39, 0.29) is 24.6 Å². The third-order valence-electron chi connectivity index (χ3n) is 4.40. The van der Waals surface area contributed by atoms with E-state index >= 15 is 0 Å². The van der Waals surface area contributed by atoms with Crippen LogP contribution in [0, 0.1) is 0 Å². The zero-order valence-corrected chi connectivity index (χ0v) is 15.7. The lowest BCUT2D eigenvalue weighted by Crippen LogP contribution is -2.38. The fourth-order valence-corrected chi connectivity index (χ4v) is 2.95. The van der Waals surface area contributed by atoms with E-state index in [1.165, 1.54) is 45.5 Å². The van der Waals surface area contributed by atoms with Crippen molar-refractivity contribution in [3.63, 3.8) is 0 Å². The van der Waals surface area contributed by atoms with Gasteiger partial charge >= 0.3 is 11.9 Å². The van der Waals surface area contributed by atoms with Gasteiger partial charge in [0.05, 0.1) is 26.4 Å². The smallest absolute Gasteiger partial charge is 0.355 e. The summed E-state index contributed by atoms with van der Waals surface area (Å²) >= 11 is 0. The number of anilines is 1. The summed E-state index contributed by atoms with van der Waals surface area (Å²) in [7, 11) is 2.56. The predicted molar refractivity (Wildman–Crippen MR) is 98.6 cm³/mol. The molecule has 6 nitrogen and oxygen atoms in total. The van der Waals surface area contributed by atoms with Crippen LogP contribution in [0.3, 0.4) is 0 Å². The van der Waals surface area contributed by atoms with Gasteiger partial charge in [-0.3, -0.25) is 0 Å². The molecule has 26 heavy (non-hydrogen) atoms. The summed E-state index contributed by atoms with van der Waals surface area (Å²) in [4.78, 5) is 25.9. The fraction of sp³-hybridized carbons (Fsp3) is 0.500. The molecule has 1 heterocycles. The Morgan fingerprint density at radius 3 is 2.35 bits per heavy atom. The van der Waals surface area contributed by atoms with Crippen LogP contribution in [0.5, 0.6) is 0 Å². The molecule has 0 aromatic heterocycles. The molecule has 0 N–H and O–H groups in total. The molecule has 0 fully saturated rings. The molecule has 0 radical (unpaired) electrons. The van der Waals surface area contributed by atoms with Crippen LogP contribution in [-0.2, 0) is 30.2 Å². The second-order valence-electron chi connectivity index (χ2n) is 6.19. The van der Waals surface area contributed by atoms with E-state index in [0.717, 1.165) is 12.1 Å². The summed E-state index contributed by atoms with van der Waals surface area (Å²) in [5.41, 5.74) is 2.35. The first-order valence-electron chi connectivity index (χ1n) is 8.96. The fourth-order valence-electron chi connectivity index (χ4n) is 2.95. The lowest BCUT2D eigenvalue weighted by molar-refractivity contribution is -0.140. The maximum absolute atomic E-state index is 12.3. The number of aryl methyl sites for hydroxylation is 1. The number of ether oxygens (including phenoxy) is 3. The topological polar surface area (TPSA) is 65.1 Å². The summed E-state index contributed by atoms with van der Waals surface area (Å²) in [5, 5.41) is 0. The molecule has 1 aliphatic rings. The zero-order chi connectivity index (χ0) is 18.9. The molecule has 0 atom stereocenters. The van der Waals surface area contributed by atoms with Crippen molar-refractivity contribution in [2.45, 2.75) is 39.0 Å². The molecule has 6 heteroatoms. The van der Waals surface area contributed by atoms with Crippen LogP contribution < -0.4 is 4.90 Å². The Balaban J connectivity index is 2.22. The Bertz CT molecular complexity index is 651. The number of unbranched alkanes of at least 4 members (excludes halogenated alkanes) is 3. The van der Waals surface area contributed by atoms with Crippen LogP contribution in [-0.4, -0.2) is 39.5 Å². The van der Waals surface area contributed by atoms with Gasteiger partial charge in [-0.05, 0) is 30.5 Å². The molecule has 0 spiro atoms. The van der Waals surface area contributed by atoms with Crippen LogP contribution in [0.2, 0.25) is 0 Å². The highest BCUT2D eigenvalue weighted by Gasteiger charge is 2.32. The molecule has 142 valence electrons. The summed E-state index contributed by atoms with van der Waals surface area (Å²) in [6, 6.07) is 7.95. The molecule has 0 aliphatic carbocycles. The van der Waals surface area contributed by atoms with Crippen molar-refractivity contribution in [3.05, 3.63) is 41.1 Å². The van der Waals surface area contributed by atoms with Crippen LogP contribution in [0.4, 0.5) is 5.69 Å². The highest BCUT2D eigenvalue weighted by molar-refractivity contribution is 6.03. The van der Waals surface area contributed by atoms with Gasteiger partial charge in [0.2, 0.25) is 0 Å². The number of hydrogen-bond donors (Lipinski definition) is 0. The quantitative estimate of drug-likeness (QED) is 0.523. The number of hydrogen-bond acceptors (Lipinski definition) is 6. The molecule has 0 bridgehead atoms. The first-order valence-corrected chi connectivity index (χ1v) is 8.96. The number of nitrogens with zero attached hydrogens (tertiary/aromatic N) is 1. The molecular formula is C20H27NO5. The predicted octanol–water partition coefficient (Wildman–Crippen LogP) is 3.20. The minimum Gasteiger partial charge on any atom is -0.466 e. The van der Waals surface area contributed by atoms with Gasteiger partial charge in [-0.15, -0.1) is 0 Å². The summed E-state index contributed by atoms with van der Waals surface area (Å²) < 4.78 is 15.1. The molecule has 1 aliphatic heterocycles. The monoisotopic (exact) mass is 361 g/mol. The standard InChI is InChI=1S/C20H27NO5/c1-4-5-6-7-8-15-9-11-16(12-10-15)21-14-26-13-17(19(22)24-2)18(21)20(23)25-3/h9-12H,4-8,13-14H2,1-3H3. The Hall–Kier alpha value is -2.34. The lowest BCUT2D eigenvalue weighted by atomic mass is 10.1. The first-order chi connectivity index (χ1) is 12.6. The number of benzene rings is 1. The Kier molecular flexibility index (Phi) is 7.66. The van der Waals surface area contributed by atoms with E-state index < -0.39 is 11.9 Å². The highest BCUT2D eigenvalue weighted by atomic mass is 16.5. The number of esters is 2. The number of carbonyl (C=O) groups is 2.